The van der Waals surface area contributed by atoms with E-state index in [1.807, 2.05) is 31.2 Å². The molecule has 1 aliphatic rings. The van der Waals surface area contributed by atoms with Gasteiger partial charge in [-0.1, -0.05) is 29.8 Å². The summed E-state index contributed by atoms with van der Waals surface area (Å²) < 4.78 is 5.11. The summed E-state index contributed by atoms with van der Waals surface area (Å²) in [4.78, 5) is 37.6. The molecule has 0 spiro atoms. The van der Waals surface area contributed by atoms with Gasteiger partial charge in [-0.3, -0.25) is 9.59 Å². The van der Waals surface area contributed by atoms with Crippen molar-refractivity contribution < 1.29 is 19.1 Å². The summed E-state index contributed by atoms with van der Waals surface area (Å²) in [6.45, 7) is 3.94. The molecule has 2 N–H and O–H groups in total. The molecule has 0 aliphatic heterocycles. The molecule has 146 valence electrons. The average Bonchev–Trinajstić information content (AvgIpc) is 3.24. The van der Waals surface area contributed by atoms with Crippen LogP contribution in [0.1, 0.15) is 45.3 Å². The minimum Gasteiger partial charge on any atom is -0.462 e. The minimum absolute atomic E-state index is 0.241. The number of benzene rings is 1. The lowest BCUT2D eigenvalue weighted by molar-refractivity contribution is -0.136. The maximum Gasteiger partial charge on any atom is 0.341 e. The fourth-order valence-corrected chi connectivity index (χ4v) is 4.21. The molecule has 0 unspecified atom stereocenters. The third-order valence-electron chi connectivity index (χ3n) is 4.29. The summed E-state index contributed by atoms with van der Waals surface area (Å²) in [5, 5.41) is 6.68. The highest BCUT2D eigenvalue weighted by atomic mass is 32.1. The molecule has 0 bridgehead atoms. The van der Waals surface area contributed by atoms with Crippen LogP contribution in [0.3, 0.4) is 0 Å². The Bertz CT molecular complexity index is 932. The molecule has 1 aliphatic carbocycles. The number of esters is 1. The van der Waals surface area contributed by atoms with Crippen molar-refractivity contribution in [2.75, 3.05) is 11.9 Å². The number of hydrogen-bond acceptors (Lipinski definition) is 6. The van der Waals surface area contributed by atoms with Crippen LogP contribution in [0, 0.1) is 6.92 Å². The fraction of sp³-hybridized carbons (Fsp3) is 0.300. The first-order valence-electron chi connectivity index (χ1n) is 9.02. The van der Waals surface area contributed by atoms with Gasteiger partial charge in [0.2, 0.25) is 0 Å². The van der Waals surface area contributed by atoms with Gasteiger partial charge < -0.3 is 10.1 Å². The Morgan fingerprint density at radius 2 is 1.93 bits per heavy atom. The van der Waals surface area contributed by atoms with Gasteiger partial charge in [0.05, 0.1) is 18.4 Å². The molecule has 28 heavy (non-hydrogen) atoms. The number of aryl methyl sites for hydroxylation is 2. The van der Waals surface area contributed by atoms with Crippen LogP contribution in [0.4, 0.5) is 5.00 Å². The molecule has 1 aromatic carbocycles. The minimum atomic E-state index is -0.910. The standard InChI is InChI=1S/C20H21N3O4S/c1-3-27-20(26)16-14-5-4-6-15(14)28-19(16)22-17(24)18(25)23-21-11-13-9-7-12(2)8-10-13/h7-11H,3-6H2,1-2H3,(H,22,24)(H,23,25)/b21-11-. The van der Waals surface area contributed by atoms with Crippen LogP contribution >= 0.6 is 11.3 Å². The number of carbonyl (C=O) groups is 3. The normalized spacial score (nSPS) is 12.6. The highest BCUT2D eigenvalue weighted by molar-refractivity contribution is 7.17. The van der Waals surface area contributed by atoms with Crippen molar-refractivity contribution in [1.29, 1.82) is 0 Å². The smallest absolute Gasteiger partial charge is 0.341 e. The Hall–Kier alpha value is -3.00. The van der Waals surface area contributed by atoms with Gasteiger partial charge in [-0.25, -0.2) is 10.2 Å². The summed E-state index contributed by atoms with van der Waals surface area (Å²) in [6.07, 6.45) is 4.04. The van der Waals surface area contributed by atoms with Crippen molar-refractivity contribution in [2.24, 2.45) is 5.10 Å². The predicted octanol–water partition coefficient (Wildman–Crippen LogP) is 2.81. The van der Waals surface area contributed by atoms with Gasteiger partial charge in [0.1, 0.15) is 5.00 Å². The number of amides is 2. The SMILES string of the molecule is CCOC(=O)c1c(NC(=O)C(=O)N/N=C\c2ccc(C)cc2)sc2c1CCC2. The molecule has 1 aromatic heterocycles. The van der Waals surface area contributed by atoms with E-state index in [0.29, 0.717) is 10.6 Å². The molecular weight excluding hydrogens is 378 g/mol. The van der Waals surface area contributed by atoms with E-state index >= 15 is 0 Å². The molecule has 0 atom stereocenters. The highest BCUT2D eigenvalue weighted by Gasteiger charge is 2.29. The third-order valence-corrected chi connectivity index (χ3v) is 5.50. The van der Waals surface area contributed by atoms with Crippen LogP contribution in [-0.4, -0.2) is 30.6 Å². The van der Waals surface area contributed by atoms with E-state index in [4.69, 9.17) is 4.74 Å². The summed E-state index contributed by atoms with van der Waals surface area (Å²) in [5.41, 5.74) is 5.38. The Labute approximate surface area is 166 Å². The number of anilines is 1. The summed E-state index contributed by atoms with van der Waals surface area (Å²) >= 11 is 1.32. The zero-order valence-corrected chi connectivity index (χ0v) is 16.5. The fourth-order valence-electron chi connectivity index (χ4n) is 2.94. The van der Waals surface area contributed by atoms with Gasteiger partial charge in [-0.05, 0) is 44.2 Å². The van der Waals surface area contributed by atoms with E-state index in [2.05, 4.69) is 15.8 Å². The number of nitrogens with one attached hydrogen (secondary N) is 2. The molecule has 8 heteroatoms. The molecule has 0 radical (unpaired) electrons. The highest BCUT2D eigenvalue weighted by Crippen LogP contribution is 2.39. The van der Waals surface area contributed by atoms with Crippen LogP contribution in [0.15, 0.2) is 29.4 Å². The summed E-state index contributed by atoms with van der Waals surface area (Å²) in [5.74, 6) is -2.27. The third kappa shape index (κ3) is 4.45. The van der Waals surface area contributed by atoms with Gasteiger partial charge in [0.15, 0.2) is 0 Å². The van der Waals surface area contributed by atoms with E-state index in [-0.39, 0.29) is 6.61 Å². The summed E-state index contributed by atoms with van der Waals surface area (Å²) in [6, 6.07) is 7.54. The zero-order chi connectivity index (χ0) is 20.1. The second-order valence-corrected chi connectivity index (χ2v) is 7.45. The van der Waals surface area contributed by atoms with Gasteiger partial charge >= 0.3 is 17.8 Å². The van der Waals surface area contributed by atoms with Crippen LogP contribution < -0.4 is 10.7 Å². The Morgan fingerprint density at radius 3 is 2.64 bits per heavy atom. The van der Waals surface area contributed by atoms with Crippen LogP contribution in [-0.2, 0) is 27.2 Å². The van der Waals surface area contributed by atoms with Gasteiger partial charge in [0.25, 0.3) is 0 Å². The van der Waals surface area contributed by atoms with E-state index in [1.165, 1.54) is 17.6 Å². The molecule has 0 saturated heterocycles. The monoisotopic (exact) mass is 399 g/mol. The van der Waals surface area contributed by atoms with Crippen LogP contribution in [0.5, 0.6) is 0 Å². The van der Waals surface area contributed by atoms with Crippen molar-refractivity contribution in [3.63, 3.8) is 0 Å². The number of fused-ring (bicyclic) bond motifs is 1. The zero-order valence-electron chi connectivity index (χ0n) is 15.7. The maximum atomic E-state index is 12.3. The Morgan fingerprint density at radius 1 is 1.18 bits per heavy atom. The first kappa shape index (κ1) is 19.8. The molecule has 3 rings (SSSR count). The quantitative estimate of drug-likeness (QED) is 0.350. The number of hydrazone groups is 1. The second kappa shape index (κ2) is 8.79. The largest absolute Gasteiger partial charge is 0.462 e. The second-order valence-electron chi connectivity index (χ2n) is 6.35. The predicted molar refractivity (Wildman–Crippen MR) is 108 cm³/mol. The number of ether oxygens (including phenoxy) is 1. The molecular formula is C20H21N3O4S. The maximum absolute atomic E-state index is 12.3. The number of hydrogen-bond donors (Lipinski definition) is 2. The molecule has 0 saturated carbocycles. The van der Waals surface area contributed by atoms with Crippen molar-refractivity contribution in [1.82, 2.24) is 5.43 Å². The number of thiophene rings is 1. The van der Waals surface area contributed by atoms with E-state index in [9.17, 15) is 14.4 Å². The Balaban J connectivity index is 1.66. The number of nitrogens with zero attached hydrogens (tertiary/aromatic N) is 1. The van der Waals surface area contributed by atoms with Crippen molar-refractivity contribution in [3.8, 4) is 0 Å². The molecule has 1 heterocycles. The van der Waals surface area contributed by atoms with Crippen LogP contribution in [0.2, 0.25) is 0 Å². The van der Waals surface area contributed by atoms with E-state index < -0.39 is 17.8 Å². The van der Waals surface area contributed by atoms with Crippen molar-refractivity contribution >= 4 is 40.3 Å². The first-order chi connectivity index (χ1) is 13.5. The van der Waals surface area contributed by atoms with E-state index in [1.54, 1.807) is 6.92 Å². The van der Waals surface area contributed by atoms with Gasteiger partial charge in [0, 0.05) is 4.88 Å². The molecule has 0 fully saturated rings. The summed E-state index contributed by atoms with van der Waals surface area (Å²) in [7, 11) is 0. The number of rotatable bonds is 5. The van der Waals surface area contributed by atoms with Gasteiger partial charge in [-0.2, -0.15) is 5.10 Å². The lowest BCUT2D eigenvalue weighted by Crippen LogP contribution is -2.32. The molecule has 2 amide bonds. The average molecular weight is 399 g/mol. The Kier molecular flexibility index (Phi) is 6.20. The molecule has 2 aromatic rings. The van der Waals surface area contributed by atoms with Crippen LogP contribution in [0.25, 0.3) is 0 Å². The van der Waals surface area contributed by atoms with E-state index in [0.717, 1.165) is 40.8 Å². The first-order valence-corrected chi connectivity index (χ1v) is 9.84. The topological polar surface area (TPSA) is 96.9 Å². The lowest BCUT2D eigenvalue weighted by Gasteiger charge is -2.07. The van der Waals surface area contributed by atoms with Crippen molar-refractivity contribution in [2.45, 2.75) is 33.1 Å². The lowest BCUT2D eigenvalue weighted by atomic mass is 10.1. The molecule has 7 nitrogen and oxygen atoms in total. The van der Waals surface area contributed by atoms with Crippen molar-refractivity contribution in [3.05, 3.63) is 51.4 Å². The number of carbonyl (C=O) groups excluding carboxylic acids is 3. The van der Waals surface area contributed by atoms with Gasteiger partial charge in [-0.15, -0.1) is 11.3 Å².